The summed E-state index contributed by atoms with van der Waals surface area (Å²) in [6, 6.07) is 10.1. The molecule has 1 amide bonds. The van der Waals surface area contributed by atoms with Gasteiger partial charge in [0.15, 0.2) is 0 Å². The van der Waals surface area contributed by atoms with Gasteiger partial charge in [-0.1, -0.05) is 30.3 Å². The molecule has 16 heavy (non-hydrogen) atoms. The molecule has 88 valence electrons. The Labute approximate surface area is 102 Å². The van der Waals surface area contributed by atoms with Crippen LogP contribution < -0.4 is 10.6 Å². The number of hydrogen-bond acceptors (Lipinski definition) is 2. The van der Waals surface area contributed by atoms with E-state index in [1.54, 1.807) is 0 Å². The second-order valence-electron chi connectivity index (χ2n) is 3.94. The lowest BCUT2D eigenvalue weighted by atomic mass is 10.0. The summed E-state index contributed by atoms with van der Waals surface area (Å²) in [5.41, 5.74) is 1.14. The van der Waals surface area contributed by atoms with E-state index in [2.05, 4.69) is 10.6 Å². The van der Waals surface area contributed by atoms with E-state index in [9.17, 15) is 4.79 Å². The maximum Gasteiger partial charge on any atom is 0.237 e. The first-order valence-corrected chi connectivity index (χ1v) is 5.36. The molecule has 4 heteroatoms. The molecule has 0 aliphatic carbocycles. The number of benzene rings is 1. The van der Waals surface area contributed by atoms with Crippen molar-refractivity contribution in [2.24, 2.45) is 0 Å². The minimum absolute atomic E-state index is 0. The summed E-state index contributed by atoms with van der Waals surface area (Å²) in [4.78, 5) is 11.6. The third-order valence-electron chi connectivity index (χ3n) is 2.80. The van der Waals surface area contributed by atoms with E-state index in [-0.39, 0.29) is 30.4 Å². The van der Waals surface area contributed by atoms with Crippen LogP contribution in [0.4, 0.5) is 0 Å². The van der Waals surface area contributed by atoms with Gasteiger partial charge >= 0.3 is 0 Å². The lowest BCUT2D eigenvalue weighted by molar-refractivity contribution is -0.125. The molecule has 0 bridgehead atoms. The maximum absolute atomic E-state index is 11.6. The number of carbonyl (C=O) groups excluding carboxylic acids is 1. The number of hydrogen-bond donors (Lipinski definition) is 2. The average molecular weight is 241 g/mol. The Hall–Kier alpha value is -1.06. The van der Waals surface area contributed by atoms with Gasteiger partial charge in [-0.3, -0.25) is 4.79 Å². The lowest BCUT2D eigenvalue weighted by Gasteiger charge is -2.28. The van der Waals surface area contributed by atoms with Crippen molar-refractivity contribution in [1.29, 1.82) is 0 Å². The Balaban J connectivity index is 0.00000128. The molecule has 1 aromatic carbocycles. The highest BCUT2D eigenvalue weighted by molar-refractivity contribution is 5.85. The number of carbonyl (C=O) groups is 1. The Kier molecular flexibility index (Phi) is 4.77. The van der Waals surface area contributed by atoms with Crippen molar-refractivity contribution in [3.63, 3.8) is 0 Å². The van der Waals surface area contributed by atoms with Crippen LogP contribution in [0.2, 0.25) is 0 Å². The fourth-order valence-corrected chi connectivity index (χ4v) is 1.65. The van der Waals surface area contributed by atoms with Crippen molar-refractivity contribution >= 4 is 18.3 Å². The van der Waals surface area contributed by atoms with E-state index in [4.69, 9.17) is 0 Å². The third-order valence-corrected chi connectivity index (χ3v) is 2.80. The van der Waals surface area contributed by atoms with Crippen molar-refractivity contribution < 1.29 is 4.79 Å². The predicted octanol–water partition coefficient (Wildman–Crippen LogP) is 1.65. The first kappa shape index (κ1) is 13.0. The van der Waals surface area contributed by atoms with Crippen molar-refractivity contribution in [3.05, 3.63) is 35.9 Å². The van der Waals surface area contributed by atoms with Crippen LogP contribution in [0.15, 0.2) is 30.3 Å². The molecule has 1 aromatic rings. The highest BCUT2D eigenvalue weighted by Gasteiger charge is 2.25. The quantitative estimate of drug-likeness (QED) is 0.844. The molecule has 1 fully saturated rings. The van der Waals surface area contributed by atoms with Gasteiger partial charge < -0.3 is 10.6 Å². The lowest BCUT2D eigenvalue weighted by Crippen LogP contribution is -2.53. The van der Waals surface area contributed by atoms with E-state index in [0.29, 0.717) is 0 Å². The van der Waals surface area contributed by atoms with E-state index in [0.717, 1.165) is 18.5 Å². The average Bonchev–Trinajstić information content (AvgIpc) is 2.16. The minimum atomic E-state index is 0. The highest BCUT2D eigenvalue weighted by atomic mass is 35.5. The zero-order valence-electron chi connectivity index (χ0n) is 9.27. The number of nitrogens with one attached hydrogen (secondary N) is 2. The van der Waals surface area contributed by atoms with Crippen molar-refractivity contribution in [1.82, 2.24) is 10.6 Å². The van der Waals surface area contributed by atoms with Gasteiger partial charge in [0.05, 0.1) is 12.1 Å². The third kappa shape index (κ3) is 2.97. The number of halogens is 1. The molecule has 1 unspecified atom stereocenters. The minimum Gasteiger partial charge on any atom is -0.348 e. The topological polar surface area (TPSA) is 41.1 Å². The predicted molar refractivity (Wildman–Crippen MR) is 66.7 cm³/mol. The van der Waals surface area contributed by atoms with Crippen LogP contribution in [-0.4, -0.2) is 18.5 Å². The Morgan fingerprint density at radius 3 is 2.56 bits per heavy atom. The standard InChI is InChI=1S/C12H16N2O.ClH/c1-9(10-5-3-2-4-6-10)14-12(15)11-7-8-13-11;/h2-6,9,11,13H,7-8H2,1H3,(H,14,15);1H/t9?,11-;/m1./s1. The summed E-state index contributed by atoms with van der Waals surface area (Å²) in [6.45, 7) is 2.96. The molecule has 0 saturated carbocycles. The van der Waals surface area contributed by atoms with Crippen LogP contribution in [0, 0.1) is 0 Å². The van der Waals surface area contributed by atoms with Gasteiger partial charge in [0.1, 0.15) is 0 Å². The zero-order chi connectivity index (χ0) is 10.7. The summed E-state index contributed by atoms with van der Waals surface area (Å²) in [6.07, 6.45) is 0.952. The van der Waals surface area contributed by atoms with Crippen LogP contribution in [0.3, 0.4) is 0 Å². The van der Waals surface area contributed by atoms with Gasteiger partial charge in [0.2, 0.25) is 5.91 Å². The summed E-state index contributed by atoms with van der Waals surface area (Å²) < 4.78 is 0. The van der Waals surface area contributed by atoms with Crippen molar-refractivity contribution in [2.75, 3.05) is 6.54 Å². The first-order valence-electron chi connectivity index (χ1n) is 5.36. The van der Waals surface area contributed by atoms with E-state index >= 15 is 0 Å². The fraction of sp³-hybridized carbons (Fsp3) is 0.417. The van der Waals surface area contributed by atoms with E-state index in [1.807, 2.05) is 37.3 Å². The molecule has 2 rings (SSSR count). The SMILES string of the molecule is CC(NC(=O)[C@H]1CCN1)c1ccccc1.Cl. The second-order valence-corrected chi connectivity index (χ2v) is 3.94. The van der Waals surface area contributed by atoms with Crippen LogP contribution in [0.5, 0.6) is 0 Å². The smallest absolute Gasteiger partial charge is 0.237 e. The van der Waals surface area contributed by atoms with Gasteiger partial charge in [-0.15, -0.1) is 12.4 Å². The molecular weight excluding hydrogens is 224 g/mol. The summed E-state index contributed by atoms with van der Waals surface area (Å²) in [5, 5.41) is 6.09. The van der Waals surface area contributed by atoms with E-state index < -0.39 is 0 Å². The zero-order valence-corrected chi connectivity index (χ0v) is 10.1. The van der Waals surface area contributed by atoms with Gasteiger partial charge in [-0.2, -0.15) is 0 Å². The molecule has 2 atom stereocenters. The van der Waals surface area contributed by atoms with Crippen LogP contribution >= 0.6 is 12.4 Å². The summed E-state index contributed by atoms with van der Waals surface area (Å²) in [5.74, 6) is 0.109. The van der Waals surface area contributed by atoms with Gasteiger partial charge in [-0.05, 0) is 25.5 Å². The molecule has 2 N–H and O–H groups in total. The highest BCUT2D eigenvalue weighted by Crippen LogP contribution is 2.12. The van der Waals surface area contributed by atoms with Crippen molar-refractivity contribution in [3.8, 4) is 0 Å². The van der Waals surface area contributed by atoms with Gasteiger partial charge in [-0.25, -0.2) is 0 Å². The summed E-state index contributed by atoms with van der Waals surface area (Å²) >= 11 is 0. The van der Waals surface area contributed by atoms with E-state index in [1.165, 1.54) is 0 Å². The Bertz CT molecular complexity index is 338. The monoisotopic (exact) mass is 240 g/mol. The fourth-order valence-electron chi connectivity index (χ4n) is 1.65. The molecule has 1 saturated heterocycles. The molecule has 0 aromatic heterocycles. The molecular formula is C12H17ClN2O. The van der Waals surface area contributed by atoms with Crippen LogP contribution in [0.25, 0.3) is 0 Å². The molecule has 3 nitrogen and oxygen atoms in total. The van der Waals surface area contributed by atoms with Crippen LogP contribution in [0.1, 0.15) is 24.9 Å². The van der Waals surface area contributed by atoms with Gasteiger partial charge in [0.25, 0.3) is 0 Å². The molecule has 1 aliphatic heterocycles. The second kappa shape index (κ2) is 5.87. The molecule has 1 aliphatic rings. The maximum atomic E-state index is 11.6. The normalized spacial score (nSPS) is 20.2. The number of rotatable bonds is 3. The molecule has 0 spiro atoms. The Morgan fingerprint density at radius 1 is 1.44 bits per heavy atom. The number of amides is 1. The summed E-state index contributed by atoms with van der Waals surface area (Å²) in [7, 11) is 0. The largest absolute Gasteiger partial charge is 0.348 e. The first-order chi connectivity index (χ1) is 7.27. The Morgan fingerprint density at radius 2 is 2.06 bits per heavy atom. The molecule has 0 radical (unpaired) electrons. The van der Waals surface area contributed by atoms with Crippen LogP contribution in [-0.2, 0) is 4.79 Å². The van der Waals surface area contributed by atoms with Gasteiger partial charge in [0, 0.05) is 0 Å². The van der Waals surface area contributed by atoms with Crippen molar-refractivity contribution in [2.45, 2.75) is 25.4 Å². The molecule has 1 heterocycles.